The van der Waals surface area contributed by atoms with Crippen LogP contribution in [0.3, 0.4) is 0 Å². The maximum Gasteiger partial charge on any atom is 0.260 e. The smallest absolute Gasteiger partial charge is 0.260 e. The summed E-state index contributed by atoms with van der Waals surface area (Å²) in [6, 6.07) is 7.57. The highest BCUT2D eigenvalue weighted by Crippen LogP contribution is 2.33. The highest BCUT2D eigenvalue weighted by Gasteiger charge is 2.32. The van der Waals surface area contributed by atoms with Crippen molar-refractivity contribution in [2.45, 2.75) is 31.9 Å². The number of para-hydroxylation sites is 2. The molecule has 1 aliphatic carbocycles. The van der Waals surface area contributed by atoms with Crippen molar-refractivity contribution in [2.75, 3.05) is 18.0 Å². The third-order valence-electron chi connectivity index (χ3n) is 4.23. The molecule has 22 heavy (non-hydrogen) atoms. The molecule has 1 saturated carbocycles. The Morgan fingerprint density at radius 3 is 2.82 bits per heavy atom. The minimum absolute atomic E-state index is 0.0423. The number of nitrogens with one attached hydrogen (secondary N) is 1. The predicted octanol–water partition coefficient (Wildman–Crippen LogP) is 0.654. The fourth-order valence-electron chi connectivity index (χ4n) is 2.79. The molecule has 0 spiro atoms. The highest BCUT2D eigenvalue weighted by atomic mass is 16.5. The van der Waals surface area contributed by atoms with Crippen LogP contribution in [-0.4, -0.2) is 37.0 Å². The van der Waals surface area contributed by atoms with Crippen LogP contribution < -0.4 is 20.7 Å². The van der Waals surface area contributed by atoms with E-state index in [-0.39, 0.29) is 25.0 Å². The zero-order valence-corrected chi connectivity index (χ0v) is 12.6. The molecule has 2 amide bonds. The van der Waals surface area contributed by atoms with Gasteiger partial charge in [0.1, 0.15) is 5.75 Å². The van der Waals surface area contributed by atoms with Crippen LogP contribution in [0.4, 0.5) is 5.69 Å². The number of benzene rings is 1. The summed E-state index contributed by atoms with van der Waals surface area (Å²) in [7, 11) is 0. The van der Waals surface area contributed by atoms with Gasteiger partial charge in [0.15, 0.2) is 6.10 Å². The van der Waals surface area contributed by atoms with Gasteiger partial charge in [0.25, 0.3) is 5.91 Å². The summed E-state index contributed by atoms with van der Waals surface area (Å²) in [5.74, 6) is 0.630. The number of carbonyl (C=O) groups is 2. The van der Waals surface area contributed by atoms with E-state index in [1.165, 1.54) is 12.8 Å². The molecule has 6 nitrogen and oxygen atoms in total. The third kappa shape index (κ3) is 3.16. The van der Waals surface area contributed by atoms with Crippen molar-refractivity contribution >= 4 is 17.5 Å². The average molecular weight is 303 g/mol. The number of hydrogen-bond donors (Lipinski definition) is 2. The highest BCUT2D eigenvalue weighted by molar-refractivity contribution is 5.85. The first-order valence-corrected chi connectivity index (χ1v) is 7.64. The number of nitrogens with zero attached hydrogens (tertiary/aromatic N) is 1. The van der Waals surface area contributed by atoms with Crippen LogP contribution >= 0.6 is 0 Å². The molecule has 1 aromatic rings. The summed E-state index contributed by atoms with van der Waals surface area (Å²) in [6.45, 7) is 2.52. The monoisotopic (exact) mass is 303 g/mol. The van der Waals surface area contributed by atoms with Crippen molar-refractivity contribution in [1.82, 2.24) is 5.32 Å². The second kappa shape index (κ2) is 5.87. The second-order valence-electron chi connectivity index (χ2n) is 6.05. The zero-order valence-electron chi connectivity index (χ0n) is 12.6. The lowest BCUT2D eigenvalue weighted by atomic mass is 10.1. The molecule has 0 bridgehead atoms. The van der Waals surface area contributed by atoms with Crippen LogP contribution in [0.15, 0.2) is 24.3 Å². The van der Waals surface area contributed by atoms with Gasteiger partial charge in [-0.3, -0.25) is 9.59 Å². The Morgan fingerprint density at radius 1 is 1.41 bits per heavy atom. The van der Waals surface area contributed by atoms with Crippen molar-refractivity contribution < 1.29 is 14.3 Å². The van der Waals surface area contributed by atoms with E-state index >= 15 is 0 Å². The summed E-state index contributed by atoms with van der Waals surface area (Å²) < 4.78 is 5.59. The van der Waals surface area contributed by atoms with Crippen LogP contribution in [0.25, 0.3) is 0 Å². The molecule has 2 atom stereocenters. The number of nitrogens with two attached hydrogens (primary N) is 1. The molecule has 2 unspecified atom stereocenters. The lowest BCUT2D eigenvalue weighted by Crippen LogP contribution is -2.50. The van der Waals surface area contributed by atoms with E-state index in [1.54, 1.807) is 6.07 Å². The number of fused-ring (bicyclic) bond motifs is 1. The van der Waals surface area contributed by atoms with Gasteiger partial charge in [-0.15, -0.1) is 0 Å². The average Bonchev–Trinajstić information content (AvgIpc) is 3.31. The number of amides is 2. The standard InChI is InChI=1S/C16H21N3O3/c1-10(11-6-7-11)18-15(20)9-19-8-14(16(17)21)22-13-5-3-2-4-12(13)19/h2-5,10-11,14H,6-9H2,1H3,(H2,17,21)(H,18,20). The lowest BCUT2D eigenvalue weighted by molar-refractivity contribution is -0.125. The lowest BCUT2D eigenvalue weighted by Gasteiger charge is -2.34. The second-order valence-corrected chi connectivity index (χ2v) is 6.05. The first kappa shape index (κ1) is 14.7. The van der Waals surface area contributed by atoms with Gasteiger partial charge in [-0.1, -0.05) is 12.1 Å². The van der Waals surface area contributed by atoms with Crippen molar-refractivity contribution in [3.63, 3.8) is 0 Å². The van der Waals surface area contributed by atoms with E-state index in [9.17, 15) is 9.59 Å². The Balaban J connectivity index is 1.70. The van der Waals surface area contributed by atoms with Gasteiger partial charge in [-0.25, -0.2) is 0 Å². The molecular formula is C16H21N3O3. The summed E-state index contributed by atoms with van der Waals surface area (Å²) >= 11 is 0. The first-order valence-electron chi connectivity index (χ1n) is 7.64. The van der Waals surface area contributed by atoms with Crippen molar-refractivity contribution in [1.29, 1.82) is 0 Å². The van der Waals surface area contributed by atoms with Crippen LogP contribution in [0.5, 0.6) is 5.75 Å². The molecule has 1 aromatic carbocycles. The van der Waals surface area contributed by atoms with Gasteiger partial charge in [-0.2, -0.15) is 0 Å². The van der Waals surface area contributed by atoms with Gasteiger partial charge in [-0.05, 0) is 37.8 Å². The Morgan fingerprint density at radius 2 is 2.14 bits per heavy atom. The van der Waals surface area contributed by atoms with E-state index in [0.717, 1.165) is 5.69 Å². The maximum atomic E-state index is 12.2. The maximum absolute atomic E-state index is 12.2. The molecule has 0 radical (unpaired) electrons. The zero-order chi connectivity index (χ0) is 15.7. The minimum atomic E-state index is -0.733. The van der Waals surface area contributed by atoms with E-state index in [1.807, 2.05) is 30.0 Å². The van der Waals surface area contributed by atoms with Crippen LogP contribution in [0.1, 0.15) is 19.8 Å². The molecule has 2 aliphatic rings. The quantitative estimate of drug-likeness (QED) is 0.836. The number of anilines is 1. The number of hydrogen-bond acceptors (Lipinski definition) is 4. The van der Waals surface area contributed by atoms with Crippen molar-refractivity contribution in [3.8, 4) is 5.75 Å². The Hall–Kier alpha value is -2.24. The number of ether oxygens (including phenoxy) is 1. The first-order chi connectivity index (χ1) is 10.5. The molecule has 6 heteroatoms. The predicted molar refractivity (Wildman–Crippen MR) is 82.6 cm³/mol. The normalized spacial score (nSPS) is 21.5. The summed E-state index contributed by atoms with van der Waals surface area (Å²) in [5, 5.41) is 3.03. The molecule has 1 fully saturated rings. The molecule has 118 valence electrons. The summed E-state index contributed by atoms with van der Waals surface area (Å²) in [4.78, 5) is 25.5. The van der Waals surface area contributed by atoms with Gasteiger partial charge in [0.05, 0.1) is 18.8 Å². The van der Waals surface area contributed by atoms with Crippen LogP contribution in [0.2, 0.25) is 0 Å². The number of rotatable bonds is 5. The Bertz CT molecular complexity index is 586. The van der Waals surface area contributed by atoms with E-state index in [0.29, 0.717) is 11.7 Å². The molecule has 1 heterocycles. The number of primary amides is 1. The third-order valence-corrected chi connectivity index (χ3v) is 4.23. The van der Waals surface area contributed by atoms with Gasteiger partial charge in [0, 0.05) is 6.04 Å². The van der Waals surface area contributed by atoms with Crippen molar-refractivity contribution in [3.05, 3.63) is 24.3 Å². The van der Waals surface area contributed by atoms with Crippen LogP contribution in [-0.2, 0) is 9.59 Å². The fourth-order valence-corrected chi connectivity index (χ4v) is 2.79. The summed E-state index contributed by atoms with van der Waals surface area (Å²) in [5.41, 5.74) is 6.17. The van der Waals surface area contributed by atoms with Crippen molar-refractivity contribution in [2.24, 2.45) is 11.7 Å². The molecule has 3 rings (SSSR count). The summed E-state index contributed by atoms with van der Waals surface area (Å²) in [6.07, 6.45) is 1.64. The molecule has 0 aromatic heterocycles. The SMILES string of the molecule is CC(NC(=O)CN1CC(C(N)=O)Oc2ccccc21)C1CC1. The number of carbonyl (C=O) groups excluding carboxylic acids is 2. The molecule has 1 aliphatic heterocycles. The van der Waals surface area contributed by atoms with E-state index < -0.39 is 12.0 Å². The molecular weight excluding hydrogens is 282 g/mol. The molecule has 0 saturated heterocycles. The van der Waals surface area contributed by atoms with Gasteiger partial charge < -0.3 is 20.7 Å². The largest absolute Gasteiger partial charge is 0.477 e. The minimum Gasteiger partial charge on any atom is -0.477 e. The molecule has 3 N–H and O–H groups in total. The fraction of sp³-hybridized carbons (Fsp3) is 0.500. The topological polar surface area (TPSA) is 84.7 Å². The van der Waals surface area contributed by atoms with Gasteiger partial charge in [0.2, 0.25) is 5.91 Å². The van der Waals surface area contributed by atoms with Gasteiger partial charge >= 0.3 is 0 Å². The Kier molecular flexibility index (Phi) is 3.92. The van der Waals surface area contributed by atoms with Crippen LogP contribution in [0, 0.1) is 5.92 Å². The Labute approximate surface area is 129 Å². The van der Waals surface area contributed by atoms with E-state index in [4.69, 9.17) is 10.5 Å². The van der Waals surface area contributed by atoms with E-state index in [2.05, 4.69) is 5.32 Å².